The molecule has 20 aromatic rings. The third-order valence-electron chi connectivity index (χ3n) is 19.3. The zero-order valence-electron chi connectivity index (χ0n) is 67.6. The zero-order valence-corrected chi connectivity index (χ0v) is 68.4. The third kappa shape index (κ3) is 22.1. The van der Waals surface area contributed by atoms with Gasteiger partial charge in [0.15, 0.2) is 29.1 Å². The molecule has 1 fully saturated rings. The summed E-state index contributed by atoms with van der Waals surface area (Å²) in [5.41, 5.74) is 15.2. The first-order valence-corrected chi connectivity index (χ1v) is 41.7. The van der Waals surface area contributed by atoms with Crippen LogP contribution in [0, 0.1) is 13.8 Å². The standard InChI is InChI=1S/C23H17N7.C19H18N6O2S.C17H18N6.C16H15N7.C15H16N6/c1-2-6-17-14(5-1)11-21(25-16-10-9-15-13-24-28-20(15)12-16)26-22(17)27-23-18-7-3-4-8-19(18)29-30-23;1-28(26,27)25-14-8-6-13(7-9-14)21-18-12-15(10-11-20-18)22-19-16-4-2-3-5-17(16)23-24-19;1-2-12(10-18-6-1)11-20-16-8-14(5-7-19-16)21-17-9-15(22-23-17)13-3-4-13;1-10-6-16(23-21-10)20-13-4-5-17-15(8-13)19-12-3-2-11-9-18-22-14(11)7-12;1-11-8-15(21-20-11)19-14-6-2-5-13(18-14)17-10-12-4-3-7-16-9-12/h1-13H,(H,24,28)(H3,25,26,27,29,30);2-12,25H,1H3,(H3,20,21,22,23,24);1-2,5-10,13H,3-4,11H2,(H3,19,20,21,22,23);2-9H,1H3,(H,18,22)(H3,17,19,20,21,23);2-9H,10H2,1H3,(H3,17,18,19,20,21). The Kier molecular flexibility index (Phi) is 24.3. The number of hydrogen-bond donors (Lipinski definition) is 18. The molecule has 0 unspecified atom stereocenters. The van der Waals surface area contributed by atoms with Crippen LogP contribution in [0.1, 0.15) is 47.0 Å². The molecule has 622 valence electrons. The minimum Gasteiger partial charge on any atom is -0.366 e. The maximum atomic E-state index is 11.3. The molecule has 0 radical (unpaired) electrons. The third-order valence-corrected chi connectivity index (χ3v) is 19.9. The van der Waals surface area contributed by atoms with E-state index in [0.29, 0.717) is 30.5 Å². The highest BCUT2D eigenvalue weighted by atomic mass is 32.2. The van der Waals surface area contributed by atoms with Crippen LogP contribution in [-0.4, -0.2) is 121 Å². The molecule has 0 amide bonds. The van der Waals surface area contributed by atoms with Crippen LogP contribution in [0.4, 0.5) is 110 Å². The van der Waals surface area contributed by atoms with Crippen molar-refractivity contribution in [2.24, 2.45) is 0 Å². The number of aromatic amines is 7. The molecule has 14 aromatic heterocycles. The summed E-state index contributed by atoms with van der Waals surface area (Å²) in [4.78, 5) is 30.5. The lowest BCUT2D eigenvalue weighted by Crippen LogP contribution is -2.09. The van der Waals surface area contributed by atoms with E-state index in [2.05, 4.69) is 177 Å². The average Bonchev–Trinajstić information content (AvgIpc) is 1.75. The minimum absolute atomic E-state index is 0.502. The fourth-order valence-corrected chi connectivity index (χ4v) is 13.7. The van der Waals surface area contributed by atoms with Crippen molar-refractivity contribution in [3.8, 4) is 0 Å². The lowest BCUT2D eigenvalue weighted by Gasteiger charge is -2.12. The van der Waals surface area contributed by atoms with Gasteiger partial charge in [-0.25, -0.2) is 33.3 Å². The van der Waals surface area contributed by atoms with Gasteiger partial charge in [-0.15, -0.1) is 0 Å². The van der Waals surface area contributed by atoms with E-state index in [1.54, 1.807) is 61.4 Å². The Labute approximate surface area is 715 Å². The fraction of sp³-hybridized carbons (Fsp3) is 0.0889. The predicted molar refractivity (Wildman–Crippen MR) is 495 cm³/mol. The van der Waals surface area contributed by atoms with Crippen molar-refractivity contribution >= 4 is 174 Å². The van der Waals surface area contributed by atoms with Gasteiger partial charge in [-0.2, -0.15) is 35.7 Å². The number of sulfonamides is 1. The molecule has 0 bridgehead atoms. The van der Waals surface area contributed by atoms with Crippen LogP contribution in [0.5, 0.6) is 0 Å². The van der Waals surface area contributed by atoms with E-state index >= 15 is 0 Å². The molecule has 0 aliphatic heterocycles. The first-order valence-electron chi connectivity index (χ1n) is 39.8. The predicted octanol–water partition coefficient (Wildman–Crippen LogP) is 19.1. The van der Waals surface area contributed by atoms with Crippen molar-refractivity contribution in [2.75, 3.05) is 64.1 Å². The van der Waals surface area contributed by atoms with Gasteiger partial charge < -0.3 is 53.2 Å². The van der Waals surface area contributed by atoms with Gasteiger partial charge in [-0.05, 0) is 177 Å². The number of anilines is 19. The van der Waals surface area contributed by atoms with E-state index in [9.17, 15) is 8.42 Å². The summed E-state index contributed by atoms with van der Waals surface area (Å²) >= 11 is 0. The van der Waals surface area contributed by atoms with E-state index in [4.69, 9.17) is 4.98 Å². The van der Waals surface area contributed by atoms with Crippen molar-refractivity contribution in [1.82, 2.24) is 106 Å². The fourth-order valence-electron chi connectivity index (χ4n) is 13.2. The summed E-state index contributed by atoms with van der Waals surface area (Å²) in [6, 6.07) is 76.2. The summed E-state index contributed by atoms with van der Waals surface area (Å²) < 4.78 is 25.0. The van der Waals surface area contributed by atoms with Gasteiger partial charge in [-0.1, -0.05) is 66.7 Å². The lowest BCUT2D eigenvalue weighted by molar-refractivity contribution is 0.607. The van der Waals surface area contributed by atoms with Gasteiger partial charge in [0.25, 0.3) is 0 Å². The molecular weight excluding hydrogens is 1590 g/mol. The summed E-state index contributed by atoms with van der Waals surface area (Å²) in [7, 11) is -3.29. The molecule has 21 rings (SSSR count). The Morgan fingerprint density at radius 1 is 0.328 bits per heavy atom. The Morgan fingerprint density at radius 2 is 0.816 bits per heavy atom. The Bertz CT molecular complexity index is 7110. The first-order chi connectivity index (χ1) is 61.2. The zero-order chi connectivity index (χ0) is 85.1. The summed E-state index contributed by atoms with van der Waals surface area (Å²) in [5, 5.41) is 89.5. The number of rotatable bonds is 25. The largest absolute Gasteiger partial charge is 0.366 e. The van der Waals surface area contributed by atoms with Crippen LogP contribution in [0.3, 0.4) is 0 Å². The second-order valence-corrected chi connectivity index (χ2v) is 30.8. The summed E-state index contributed by atoms with van der Waals surface area (Å²) in [5.74, 6) is 9.79. The van der Waals surface area contributed by atoms with E-state index in [1.807, 2.05) is 227 Å². The van der Waals surface area contributed by atoms with Gasteiger partial charge in [-0.3, -0.25) is 50.4 Å². The second kappa shape index (κ2) is 37.9. The normalized spacial score (nSPS) is 11.5. The SMILES string of the molecule is CS(=O)(=O)Nc1ccc(Nc2cc(Nc3n[nH]c4ccccc34)ccn2)cc1.Cc1cc(Nc2cccc(NCc3cccnc3)n2)n[nH]1.Cc1cc(Nc2ccnc(Nc3ccc4cn[nH]c4c3)c2)n[nH]1.c1ccc2c(Nc3n[nH]c4ccccc34)nc(Nc3ccc4cn[nH]c4c3)cc2c1.c1cncc(CNc2cc(Nc3cc(C4CC4)[nH]n3)ccn2)c1. The highest BCUT2D eigenvalue weighted by molar-refractivity contribution is 7.92. The number of fused-ring (bicyclic) bond motifs is 5. The van der Waals surface area contributed by atoms with E-state index in [1.165, 1.54) is 18.5 Å². The Hall–Kier alpha value is -17.1. The molecule has 1 saturated carbocycles. The van der Waals surface area contributed by atoms with Crippen LogP contribution in [0.25, 0.3) is 54.4 Å². The molecule has 14 heterocycles. The number of pyridine rings is 7. The van der Waals surface area contributed by atoms with Crippen LogP contribution in [0.15, 0.2) is 292 Å². The molecule has 1 aliphatic carbocycles. The monoisotopic (exact) mass is 1680 g/mol. The van der Waals surface area contributed by atoms with Crippen molar-refractivity contribution in [2.45, 2.75) is 45.7 Å². The number of aromatic nitrogens is 21. The van der Waals surface area contributed by atoms with Crippen molar-refractivity contribution < 1.29 is 8.42 Å². The molecular formula is C90H84N32O2S. The molecule has 35 heteroatoms. The van der Waals surface area contributed by atoms with Gasteiger partial charge in [0.05, 0.1) is 40.7 Å². The summed E-state index contributed by atoms with van der Waals surface area (Å²) in [6.45, 7) is 5.30. The molecule has 0 saturated heterocycles. The van der Waals surface area contributed by atoms with Gasteiger partial charge >= 0.3 is 0 Å². The second-order valence-electron chi connectivity index (χ2n) is 29.1. The number of hydrogen-bond acceptors (Lipinski definition) is 26. The molecule has 1 aliphatic rings. The number of nitrogens with one attached hydrogen (secondary N) is 18. The Morgan fingerprint density at radius 3 is 1.40 bits per heavy atom. The van der Waals surface area contributed by atoms with Gasteiger partial charge in [0.2, 0.25) is 10.0 Å². The molecule has 18 N–H and O–H groups in total. The maximum absolute atomic E-state index is 11.3. The molecule has 34 nitrogen and oxygen atoms in total. The molecule has 6 aromatic carbocycles. The van der Waals surface area contributed by atoms with Crippen LogP contribution in [-0.2, 0) is 23.1 Å². The van der Waals surface area contributed by atoms with Crippen molar-refractivity contribution in [3.05, 3.63) is 321 Å². The molecule has 0 spiro atoms. The number of aryl methyl sites for hydroxylation is 2. The summed E-state index contributed by atoms with van der Waals surface area (Å²) in [6.07, 6.45) is 19.7. The van der Waals surface area contributed by atoms with E-state index < -0.39 is 10.0 Å². The Balaban J connectivity index is 0.000000111. The molecule has 125 heavy (non-hydrogen) atoms. The number of benzene rings is 6. The van der Waals surface area contributed by atoms with Crippen molar-refractivity contribution in [1.29, 1.82) is 0 Å². The van der Waals surface area contributed by atoms with E-state index in [-0.39, 0.29) is 0 Å². The van der Waals surface area contributed by atoms with Crippen LogP contribution in [0.2, 0.25) is 0 Å². The maximum Gasteiger partial charge on any atom is 0.229 e. The smallest absolute Gasteiger partial charge is 0.229 e. The number of para-hydroxylation sites is 2. The van der Waals surface area contributed by atoms with Gasteiger partial charge in [0, 0.05) is 183 Å². The number of nitrogens with zero attached hydrogens (tertiary/aromatic N) is 14. The topological polar surface area (TPSA) is 457 Å². The van der Waals surface area contributed by atoms with Crippen LogP contribution < -0.4 is 57.9 Å². The highest BCUT2D eigenvalue weighted by Gasteiger charge is 2.26. The highest BCUT2D eigenvalue weighted by Crippen LogP contribution is 2.40. The lowest BCUT2D eigenvalue weighted by atomic mass is 10.1. The van der Waals surface area contributed by atoms with Crippen LogP contribution >= 0.6 is 0 Å². The molecule has 0 atom stereocenters. The van der Waals surface area contributed by atoms with E-state index in [0.717, 1.165) is 181 Å². The first kappa shape index (κ1) is 80.3. The van der Waals surface area contributed by atoms with Gasteiger partial charge in [0.1, 0.15) is 40.7 Å². The quantitative estimate of drug-likeness (QED) is 0.0253. The number of H-pyrrole nitrogens is 7. The minimum atomic E-state index is -3.29. The average molecular weight is 1680 g/mol. The van der Waals surface area contributed by atoms with Crippen molar-refractivity contribution in [3.63, 3.8) is 0 Å².